The number of guanidine groups is 1. The molecule has 2 N–H and O–H groups in total. The SMILES string of the molecule is CCNC(=NCC1Cc2ccccc21)NC(C)CCCN(CC)CC. The van der Waals surface area contributed by atoms with Gasteiger partial charge in [-0.15, -0.1) is 0 Å². The Hall–Kier alpha value is -1.55. The Morgan fingerprint density at radius 1 is 1.24 bits per heavy atom. The highest BCUT2D eigenvalue weighted by molar-refractivity contribution is 5.80. The van der Waals surface area contributed by atoms with Crippen LogP contribution in [0.2, 0.25) is 0 Å². The average Bonchev–Trinajstić information content (AvgIpc) is 2.59. The molecule has 0 bridgehead atoms. The maximum atomic E-state index is 4.83. The van der Waals surface area contributed by atoms with Gasteiger partial charge in [-0.05, 0) is 63.9 Å². The molecule has 1 aromatic carbocycles. The van der Waals surface area contributed by atoms with Gasteiger partial charge in [-0.25, -0.2) is 0 Å². The Bertz CT molecular complexity index is 536. The number of hydrogen-bond acceptors (Lipinski definition) is 2. The molecule has 0 aromatic heterocycles. The van der Waals surface area contributed by atoms with Gasteiger partial charge in [0.2, 0.25) is 0 Å². The van der Waals surface area contributed by atoms with Crippen molar-refractivity contribution in [1.29, 1.82) is 0 Å². The predicted molar refractivity (Wildman–Crippen MR) is 108 cm³/mol. The lowest BCUT2D eigenvalue weighted by molar-refractivity contribution is 0.292. The van der Waals surface area contributed by atoms with Crippen molar-refractivity contribution >= 4 is 5.96 Å². The Kier molecular flexibility index (Phi) is 8.26. The third-order valence-electron chi connectivity index (χ3n) is 5.16. The second kappa shape index (κ2) is 10.4. The van der Waals surface area contributed by atoms with Crippen LogP contribution in [0, 0.1) is 0 Å². The Morgan fingerprint density at radius 3 is 2.68 bits per heavy atom. The molecule has 140 valence electrons. The van der Waals surface area contributed by atoms with E-state index in [-0.39, 0.29) is 0 Å². The zero-order valence-electron chi connectivity index (χ0n) is 16.5. The molecule has 2 rings (SSSR count). The average molecular weight is 345 g/mol. The second-order valence-electron chi connectivity index (χ2n) is 7.03. The first-order chi connectivity index (χ1) is 12.2. The van der Waals surface area contributed by atoms with Crippen LogP contribution in [0.15, 0.2) is 29.3 Å². The summed E-state index contributed by atoms with van der Waals surface area (Å²) in [6.07, 6.45) is 3.57. The lowest BCUT2D eigenvalue weighted by Crippen LogP contribution is -2.43. The molecule has 0 radical (unpaired) electrons. The summed E-state index contributed by atoms with van der Waals surface area (Å²) in [6.45, 7) is 14.1. The first-order valence-electron chi connectivity index (χ1n) is 10.0. The van der Waals surface area contributed by atoms with Gasteiger partial charge in [0, 0.05) is 25.0 Å². The molecule has 1 aromatic rings. The van der Waals surface area contributed by atoms with Crippen molar-refractivity contribution in [3.8, 4) is 0 Å². The highest BCUT2D eigenvalue weighted by Gasteiger charge is 2.24. The third-order valence-corrected chi connectivity index (χ3v) is 5.16. The predicted octanol–water partition coefficient (Wildman–Crippen LogP) is 3.39. The third kappa shape index (κ3) is 6.03. The minimum atomic E-state index is 0.446. The van der Waals surface area contributed by atoms with Gasteiger partial charge in [-0.2, -0.15) is 0 Å². The van der Waals surface area contributed by atoms with Gasteiger partial charge in [0.15, 0.2) is 5.96 Å². The van der Waals surface area contributed by atoms with E-state index in [1.54, 1.807) is 0 Å². The molecule has 4 nitrogen and oxygen atoms in total. The summed E-state index contributed by atoms with van der Waals surface area (Å²) in [6, 6.07) is 9.19. The minimum absolute atomic E-state index is 0.446. The molecule has 2 unspecified atom stereocenters. The molecule has 25 heavy (non-hydrogen) atoms. The molecular formula is C21H36N4. The highest BCUT2D eigenvalue weighted by atomic mass is 15.2. The van der Waals surface area contributed by atoms with E-state index in [4.69, 9.17) is 4.99 Å². The molecule has 0 aliphatic heterocycles. The van der Waals surface area contributed by atoms with E-state index in [0.29, 0.717) is 12.0 Å². The van der Waals surface area contributed by atoms with Crippen LogP contribution in [-0.4, -0.2) is 49.6 Å². The monoisotopic (exact) mass is 344 g/mol. The van der Waals surface area contributed by atoms with Crippen LogP contribution in [0.3, 0.4) is 0 Å². The van der Waals surface area contributed by atoms with Crippen LogP contribution in [-0.2, 0) is 6.42 Å². The smallest absolute Gasteiger partial charge is 0.191 e. The Balaban J connectivity index is 1.77. The summed E-state index contributed by atoms with van der Waals surface area (Å²) >= 11 is 0. The van der Waals surface area contributed by atoms with E-state index in [2.05, 4.69) is 67.5 Å². The molecule has 0 heterocycles. The number of aliphatic imine (C=N–C) groups is 1. The first-order valence-corrected chi connectivity index (χ1v) is 10.0. The van der Waals surface area contributed by atoms with Crippen LogP contribution in [0.5, 0.6) is 0 Å². The molecule has 0 saturated heterocycles. The van der Waals surface area contributed by atoms with Gasteiger partial charge in [-0.1, -0.05) is 38.1 Å². The van der Waals surface area contributed by atoms with Crippen LogP contribution in [0.25, 0.3) is 0 Å². The van der Waals surface area contributed by atoms with Crippen LogP contribution in [0.4, 0.5) is 0 Å². The maximum Gasteiger partial charge on any atom is 0.191 e. The quantitative estimate of drug-likeness (QED) is 0.505. The first kappa shape index (κ1) is 19.8. The van der Waals surface area contributed by atoms with E-state index < -0.39 is 0 Å². The van der Waals surface area contributed by atoms with Gasteiger partial charge < -0.3 is 15.5 Å². The zero-order valence-corrected chi connectivity index (χ0v) is 16.5. The molecule has 1 aliphatic rings. The van der Waals surface area contributed by atoms with E-state index in [9.17, 15) is 0 Å². The minimum Gasteiger partial charge on any atom is -0.357 e. The molecule has 0 spiro atoms. The maximum absolute atomic E-state index is 4.83. The molecule has 0 fully saturated rings. The summed E-state index contributed by atoms with van der Waals surface area (Å²) in [5.74, 6) is 1.55. The molecule has 0 saturated carbocycles. The van der Waals surface area contributed by atoms with Crippen molar-refractivity contribution in [2.45, 2.75) is 58.9 Å². The molecule has 1 aliphatic carbocycles. The van der Waals surface area contributed by atoms with E-state index in [0.717, 1.165) is 32.1 Å². The number of nitrogens with zero attached hydrogens (tertiary/aromatic N) is 2. The van der Waals surface area contributed by atoms with Gasteiger partial charge in [0.25, 0.3) is 0 Å². The Morgan fingerprint density at radius 2 is 2.00 bits per heavy atom. The van der Waals surface area contributed by atoms with E-state index >= 15 is 0 Å². The lowest BCUT2D eigenvalue weighted by atomic mass is 9.78. The lowest BCUT2D eigenvalue weighted by Gasteiger charge is -2.29. The fraction of sp³-hybridized carbons (Fsp3) is 0.667. The number of hydrogen-bond donors (Lipinski definition) is 2. The summed E-state index contributed by atoms with van der Waals surface area (Å²) in [4.78, 5) is 7.32. The van der Waals surface area contributed by atoms with E-state index in [1.165, 1.54) is 36.9 Å². The summed E-state index contributed by atoms with van der Waals surface area (Å²) in [5.41, 5.74) is 2.97. The molecule has 0 amide bonds. The fourth-order valence-electron chi connectivity index (χ4n) is 3.51. The summed E-state index contributed by atoms with van der Waals surface area (Å²) < 4.78 is 0. The molecule has 4 heteroatoms. The van der Waals surface area contributed by atoms with Crippen molar-refractivity contribution in [1.82, 2.24) is 15.5 Å². The van der Waals surface area contributed by atoms with Crippen molar-refractivity contribution in [2.75, 3.05) is 32.7 Å². The standard InChI is InChI=1S/C21H36N4/c1-5-22-21(24-17(4)11-10-14-25(6-2)7-3)23-16-19-15-18-12-8-9-13-20(18)19/h8-9,12-13,17,19H,5-7,10-11,14-16H2,1-4H3,(H2,22,23,24). The van der Waals surface area contributed by atoms with Crippen LogP contribution >= 0.6 is 0 Å². The van der Waals surface area contributed by atoms with Crippen molar-refractivity contribution in [3.05, 3.63) is 35.4 Å². The van der Waals surface area contributed by atoms with Gasteiger partial charge in [-0.3, -0.25) is 4.99 Å². The van der Waals surface area contributed by atoms with Gasteiger partial charge in [0.1, 0.15) is 0 Å². The van der Waals surface area contributed by atoms with Crippen molar-refractivity contribution < 1.29 is 0 Å². The van der Waals surface area contributed by atoms with Gasteiger partial charge >= 0.3 is 0 Å². The number of rotatable bonds is 10. The normalized spacial score (nSPS) is 17.8. The summed E-state index contributed by atoms with van der Waals surface area (Å²) in [5, 5.41) is 6.97. The van der Waals surface area contributed by atoms with E-state index in [1.807, 2.05) is 0 Å². The largest absolute Gasteiger partial charge is 0.357 e. The van der Waals surface area contributed by atoms with Crippen molar-refractivity contribution in [2.24, 2.45) is 4.99 Å². The number of nitrogens with one attached hydrogen (secondary N) is 2. The molecule has 2 atom stereocenters. The number of fused-ring (bicyclic) bond motifs is 1. The van der Waals surface area contributed by atoms with Crippen LogP contribution in [0.1, 0.15) is 57.6 Å². The Labute approximate surface area is 154 Å². The van der Waals surface area contributed by atoms with Gasteiger partial charge in [0.05, 0.1) is 0 Å². The highest BCUT2D eigenvalue weighted by Crippen LogP contribution is 2.34. The van der Waals surface area contributed by atoms with Crippen molar-refractivity contribution in [3.63, 3.8) is 0 Å². The fourth-order valence-corrected chi connectivity index (χ4v) is 3.51. The second-order valence-corrected chi connectivity index (χ2v) is 7.03. The topological polar surface area (TPSA) is 39.7 Å². The summed E-state index contributed by atoms with van der Waals surface area (Å²) in [7, 11) is 0. The van der Waals surface area contributed by atoms with Crippen LogP contribution < -0.4 is 10.6 Å². The molecular weight excluding hydrogens is 308 g/mol. The number of benzene rings is 1. The zero-order chi connectivity index (χ0) is 18.1.